The molecule has 19 heavy (non-hydrogen) atoms. The molecule has 0 bridgehead atoms. The number of nitrogens with zero attached hydrogens (tertiary/aromatic N) is 2. The molecule has 1 heterocycles. The van der Waals surface area contributed by atoms with E-state index in [4.69, 9.17) is 5.73 Å². The van der Waals surface area contributed by atoms with Crippen LogP contribution < -0.4 is 11.1 Å². The van der Waals surface area contributed by atoms with Gasteiger partial charge in [-0.1, -0.05) is 18.2 Å². The molecule has 2 aromatic rings. The first-order chi connectivity index (χ1) is 9.13. The van der Waals surface area contributed by atoms with Crippen LogP contribution in [0.15, 0.2) is 30.3 Å². The average molecular weight is 258 g/mol. The molecule has 1 amide bonds. The van der Waals surface area contributed by atoms with Crippen LogP contribution in [0.1, 0.15) is 10.5 Å². The van der Waals surface area contributed by atoms with E-state index in [-0.39, 0.29) is 5.91 Å². The van der Waals surface area contributed by atoms with E-state index >= 15 is 0 Å². The maximum Gasteiger partial charge on any atom is 0.272 e. The van der Waals surface area contributed by atoms with Gasteiger partial charge in [-0.25, -0.2) is 4.98 Å². The van der Waals surface area contributed by atoms with Crippen molar-refractivity contribution in [2.75, 3.05) is 32.9 Å². The number of nitrogen functional groups attached to an aromatic ring is 1. The summed E-state index contributed by atoms with van der Waals surface area (Å²) in [5, 5.41) is 3.88. The van der Waals surface area contributed by atoms with Gasteiger partial charge >= 0.3 is 0 Å². The zero-order valence-corrected chi connectivity index (χ0v) is 11.2. The highest BCUT2D eigenvalue weighted by Crippen LogP contribution is 2.20. The molecule has 100 valence electrons. The van der Waals surface area contributed by atoms with Gasteiger partial charge in [0.15, 0.2) is 0 Å². The molecule has 0 spiro atoms. The molecule has 0 atom stereocenters. The number of nitrogens with two attached hydrogens (primary N) is 1. The summed E-state index contributed by atoms with van der Waals surface area (Å²) in [7, 11) is 3.61. The summed E-state index contributed by atoms with van der Waals surface area (Å²) in [4.78, 5) is 18.2. The molecule has 5 heteroatoms. The van der Waals surface area contributed by atoms with Crippen LogP contribution in [0.2, 0.25) is 0 Å². The third kappa shape index (κ3) is 2.82. The molecule has 0 unspecified atom stereocenters. The predicted molar refractivity (Wildman–Crippen MR) is 77.0 cm³/mol. The van der Waals surface area contributed by atoms with Crippen LogP contribution in [0.3, 0.4) is 0 Å². The molecule has 1 aromatic heterocycles. The lowest BCUT2D eigenvalue weighted by Gasteiger charge is -2.17. The normalized spacial score (nSPS) is 10.6. The summed E-state index contributed by atoms with van der Waals surface area (Å²) in [6.07, 6.45) is 0. The lowest BCUT2D eigenvalue weighted by molar-refractivity contribution is 0.0791. The highest BCUT2D eigenvalue weighted by atomic mass is 16.2. The number of amides is 1. The fraction of sp³-hybridized carbons (Fsp3) is 0.286. The minimum Gasteiger partial charge on any atom is -0.398 e. The van der Waals surface area contributed by atoms with E-state index in [9.17, 15) is 4.79 Å². The zero-order chi connectivity index (χ0) is 13.8. The Labute approximate surface area is 112 Å². The molecule has 0 saturated heterocycles. The van der Waals surface area contributed by atoms with Crippen molar-refractivity contribution in [3.63, 3.8) is 0 Å². The summed E-state index contributed by atoms with van der Waals surface area (Å²) in [6.45, 7) is 1.37. The van der Waals surface area contributed by atoms with Gasteiger partial charge in [0.05, 0.1) is 5.52 Å². The van der Waals surface area contributed by atoms with Gasteiger partial charge in [0.25, 0.3) is 5.91 Å². The second kappa shape index (κ2) is 5.67. The third-order valence-corrected chi connectivity index (χ3v) is 3.01. The summed E-state index contributed by atoms with van der Waals surface area (Å²) in [6, 6.07) is 9.18. The fourth-order valence-corrected chi connectivity index (χ4v) is 1.89. The van der Waals surface area contributed by atoms with Crippen molar-refractivity contribution in [1.29, 1.82) is 0 Å². The number of fused-ring (bicyclic) bond motifs is 1. The second-order valence-corrected chi connectivity index (χ2v) is 4.44. The Kier molecular flexibility index (Phi) is 3.97. The van der Waals surface area contributed by atoms with Crippen LogP contribution in [0.25, 0.3) is 10.9 Å². The Morgan fingerprint density at radius 2 is 2.16 bits per heavy atom. The fourth-order valence-electron chi connectivity index (χ4n) is 1.89. The molecular weight excluding hydrogens is 240 g/mol. The van der Waals surface area contributed by atoms with Crippen LogP contribution >= 0.6 is 0 Å². The highest BCUT2D eigenvalue weighted by Gasteiger charge is 2.14. The quantitative estimate of drug-likeness (QED) is 0.861. The molecule has 3 N–H and O–H groups in total. The number of anilines is 1. The van der Waals surface area contributed by atoms with E-state index in [1.807, 2.05) is 31.3 Å². The molecule has 0 radical (unpaired) electrons. The van der Waals surface area contributed by atoms with E-state index < -0.39 is 0 Å². The highest BCUT2D eigenvalue weighted by molar-refractivity contribution is 5.99. The Morgan fingerprint density at radius 1 is 1.42 bits per heavy atom. The van der Waals surface area contributed by atoms with Gasteiger partial charge in [-0.05, 0) is 19.2 Å². The number of benzene rings is 1. The molecule has 0 aliphatic rings. The van der Waals surface area contributed by atoms with E-state index in [2.05, 4.69) is 10.3 Å². The molecule has 2 rings (SSSR count). The first-order valence-electron chi connectivity index (χ1n) is 6.19. The maximum absolute atomic E-state index is 12.2. The number of pyridine rings is 1. The van der Waals surface area contributed by atoms with E-state index in [1.54, 1.807) is 18.0 Å². The van der Waals surface area contributed by atoms with Gasteiger partial charge in [0.1, 0.15) is 5.69 Å². The summed E-state index contributed by atoms with van der Waals surface area (Å²) in [5.41, 5.74) is 7.68. The van der Waals surface area contributed by atoms with Crippen molar-refractivity contribution in [2.45, 2.75) is 0 Å². The number of aromatic nitrogens is 1. The molecule has 5 nitrogen and oxygen atoms in total. The van der Waals surface area contributed by atoms with Crippen LogP contribution in [0, 0.1) is 0 Å². The second-order valence-electron chi connectivity index (χ2n) is 4.44. The maximum atomic E-state index is 12.2. The van der Waals surface area contributed by atoms with Crippen molar-refractivity contribution in [1.82, 2.24) is 15.2 Å². The van der Waals surface area contributed by atoms with Gasteiger partial charge in [-0.2, -0.15) is 0 Å². The van der Waals surface area contributed by atoms with Crippen molar-refractivity contribution in [3.05, 3.63) is 36.0 Å². The first kappa shape index (κ1) is 13.3. The number of rotatable bonds is 4. The van der Waals surface area contributed by atoms with Crippen molar-refractivity contribution >= 4 is 22.5 Å². The van der Waals surface area contributed by atoms with Crippen LogP contribution in [0.4, 0.5) is 5.69 Å². The Hall–Kier alpha value is -2.14. The lowest BCUT2D eigenvalue weighted by Crippen LogP contribution is -2.33. The predicted octanol–water partition coefficient (Wildman–Crippen LogP) is 1.11. The van der Waals surface area contributed by atoms with Crippen molar-refractivity contribution in [3.8, 4) is 0 Å². The minimum atomic E-state index is -0.118. The minimum absolute atomic E-state index is 0.118. The lowest BCUT2D eigenvalue weighted by atomic mass is 10.1. The van der Waals surface area contributed by atoms with Crippen LogP contribution in [0.5, 0.6) is 0 Å². The first-order valence-corrected chi connectivity index (χ1v) is 6.19. The Bertz CT molecular complexity index is 597. The number of para-hydroxylation sites is 1. The van der Waals surface area contributed by atoms with E-state index in [1.165, 1.54) is 0 Å². The molecule has 0 saturated carbocycles. The number of carbonyl (C=O) groups is 1. The summed E-state index contributed by atoms with van der Waals surface area (Å²) in [5.74, 6) is -0.118. The number of hydrogen-bond donors (Lipinski definition) is 2. The molecule has 0 aliphatic carbocycles. The standard InChI is InChI=1S/C14H18N4O/c1-16-7-8-18(2)14(19)13-9-11(15)10-5-3-4-6-12(10)17-13/h3-6,9,16H,7-8H2,1-2H3,(H2,15,17). The van der Waals surface area contributed by atoms with E-state index in [0.29, 0.717) is 17.9 Å². The number of nitrogens with one attached hydrogen (secondary N) is 1. The average Bonchev–Trinajstić information content (AvgIpc) is 2.43. The van der Waals surface area contributed by atoms with Crippen LogP contribution in [-0.2, 0) is 0 Å². The molecule has 0 aliphatic heterocycles. The molecule has 1 aromatic carbocycles. The van der Waals surface area contributed by atoms with Gasteiger partial charge in [0, 0.05) is 31.2 Å². The number of carbonyl (C=O) groups excluding carboxylic acids is 1. The largest absolute Gasteiger partial charge is 0.398 e. The number of likely N-dealkylation sites (N-methyl/N-ethyl adjacent to an activating group) is 2. The topological polar surface area (TPSA) is 71.2 Å². The summed E-state index contributed by atoms with van der Waals surface area (Å²) >= 11 is 0. The van der Waals surface area contributed by atoms with Gasteiger partial charge in [0.2, 0.25) is 0 Å². The SMILES string of the molecule is CNCCN(C)C(=O)c1cc(N)c2ccccc2n1. The zero-order valence-electron chi connectivity index (χ0n) is 11.2. The molecule has 0 fully saturated rings. The monoisotopic (exact) mass is 258 g/mol. The number of hydrogen-bond acceptors (Lipinski definition) is 4. The Morgan fingerprint density at radius 3 is 2.89 bits per heavy atom. The van der Waals surface area contributed by atoms with Crippen molar-refractivity contribution in [2.24, 2.45) is 0 Å². The van der Waals surface area contributed by atoms with Crippen molar-refractivity contribution < 1.29 is 4.79 Å². The van der Waals surface area contributed by atoms with E-state index in [0.717, 1.165) is 17.4 Å². The van der Waals surface area contributed by atoms with Gasteiger partial charge in [-0.3, -0.25) is 4.79 Å². The van der Waals surface area contributed by atoms with Crippen LogP contribution in [-0.4, -0.2) is 43.0 Å². The summed E-state index contributed by atoms with van der Waals surface area (Å²) < 4.78 is 0. The van der Waals surface area contributed by atoms with Gasteiger partial charge < -0.3 is 16.0 Å². The smallest absolute Gasteiger partial charge is 0.272 e. The van der Waals surface area contributed by atoms with Gasteiger partial charge in [-0.15, -0.1) is 0 Å². The Balaban J connectivity index is 2.32. The molecular formula is C14H18N4O. The third-order valence-electron chi connectivity index (χ3n) is 3.01.